The number of nitrogens with zero attached hydrogens (tertiary/aromatic N) is 2. The summed E-state index contributed by atoms with van der Waals surface area (Å²) in [5, 5.41) is 3.83. The van der Waals surface area contributed by atoms with Crippen molar-refractivity contribution in [2.75, 3.05) is 0 Å². The molecule has 0 atom stereocenters. The monoisotopic (exact) mass is 318 g/mol. The lowest BCUT2D eigenvalue weighted by Crippen LogP contribution is -2.04. The third-order valence-electron chi connectivity index (χ3n) is 3.51. The number of rotatable bonds is 3. The summed E-state index contributed by atoms with van der Waals surface area (Å²) in [5.41, 5.74) is 1.72. The molecule has 2 aromatic carbocycles. The van der Waals surface area contributed by atoms with Crippen molar-refractivity contribution < 1.29 is 17.7 Å². The summed E-state index contributed by atoms with van der Waals surface area (Å²) < 4.78 is 42.9. The van der Waals surface area contributed by atoms with Crippen LogP contribution in [0, 0.1) is 0 Å². The third kappa shape index (κ3) is 3.26. The van der Waals surface area contributed by atoms with Gasteiger partial charge in [-0.15, -0.1) is 0 Å². The van der Waals surface area contributed by atoms with Gasteiger partial charge in [0.2, 0.25) is 5.82 Å². The zero-order valence-corrected chi connectivity index (χ0v) is 12.3. The molecule has 23 heavy (non-hydrogen) atoms. The van der Waals surface area contributed by atoms with Crippen LogP contribution < -0.4 is 0 Å². The predicted octanol–water partition coefficient (Wildman–Crippen LogP) is 4.98. The van der Waals surface area contributed by atoms with Crippen LogP contribution in [0.5, 0.6) is 0 Å². The molecule has 0 spiro atoms. The lowest BCUT2D eigenvalue weighted by molar-refractivity contribution is -0.137. The van der Waals surface area contributed by atoms with E-state index in [0.717, 1.165) is 24.1 Å². The lowest BCUT2D eigenvalue weighted by Gasteiger charge is -2.05. The Kier molecular flexibility index (Phi) is 3.90. The van der Waals surface area contributed by atoms with Crippen LogP contribution in [-0.2, 0) is 12.6 Å². The average Bonchev–Trinajstić information content (AvgIpc) is 3.04. The van der Waals surface area contributed by atoms with E-state index in [9.17, 15) is 13.2 Å². The molecule has 118 valence electrons. The first kappa shape index (κ1) is 15.3. The van der Waals surface area contributed by atoms with Crippen LogP contribution in [-0.4, -0.2) is 10.1 Å². The lowest BCUT2D eigenvalue weighted by atomic mass is 10.1. The number of benzene rings is 2. The molecule has 3 rings (SSSR count). The van der Waals surface area contributed by atoms with E-state index in [1.165, 1.54) is 17.7 Å². The van der Waals surface area contributed by atoms with E-state index in [1.807, 2.05) is 24.3 Å². The van der Waals surface area contributed by atoms with E-state index in [1.54, 1.807) is 0 Å². The maximum atomic E-state index is 12.6. The standard InChI is InChI=1S/C17H13F3N2O/c1-2-11-3-5-13(6-4-11)16-21-15(22-23-16)12-7-9-14(10-8-12)17(18,19)20/h3-10H,2H2,1H3. The van der Waals surface area contributed by atoms with Gasteiger partial charge in [0.25, 0.3) is 5.89 Å². The van der Waals surface area contributed by atoms with Gasteiger partial charge in [-0.3, -0.25) is 0 Å². The topological polar surface area (TPSA) is 38.9 Å². The molecular weight excluding hydrogens is 305 g/mol. The largest absolute Gasteiger partial charge is 0.416 e. The number of aromatic nitrogens is 2. The van der Waals surface area contributed by atoms with Crippen molar-refractivity contribution in [3.8, 4) is 22.8 Å². The molecule has 1 heterocycles. The molecule has 6 heteroatoms. The summed E-state index contributed by atoms with van der Waals surface area (Å²) in [5.74, 6) is 0.593. The number of hydrogen-bond acceptors (Lipinski definition) is 3. The molecule has 0 aliphatic heterocycles. The number of aryl methyl sites for hydroxylation is 1. The van der Waals surface area contributed by atoms with Gasteiger partial charge in [0, 0.05) is 11.1 Å². The molecule has 0 saturated heterocycles. The third-order valence-corrected chi connectivity index (χ3v) is 3.51. The quantitative estimate of drug-likeness (QED) is 0.683. The minimum Gasteiger partial charge on any atom is -0.334 e. The van der Waals surface area contributed by atoms with Gasteiger partial charge < -0.3 is 4.52 Å². The molecular formula is C17H13F3N2O. The molecule has 0 aliphatic carbocycles. The Balaban J connectivity index is 1.86. The molecule has 1 aromatic heterocycles. The van der Waals surface area contributed by atoms with Crippen LogP contribution in [0.2, 0.25) is 0 Å². The second-order valence-electron chi connectivity index (χ2n) is 5.05. The van der Waals surface area contributed by atoms with Crippen molar-refractivity contribution in [2.45, 2.75) is 19.5 Å². The first-order valence-corrected chi connectivity index (χ1v) is 7.08. The summed E-state index contributed by atoms with van der Waals surface area (Å²) >= 11 is 0. The van der Waals surface area contributed by atoms with Gasteiger partial charge in [0.05, 0.1) is 5.56 Å². The molecule has 3 aromatic rings. The summed E-state index contributed by atoms with van der Waals surface area (Å²) in [6.45, 7) is 2.06. The summed E-state index contributed by atoms with van der Waals surface area (Å²) in [4.78, 5) is 4.24. The maximum absolute atomic E-state index is 12.6. The molecule has 0 fully saturated rings. The van der Waals surface area contributed by atoms with E-state index < -0.39 is 11.7 Å². The highest BCUT2D eigenvalue weighted by Gasteiger charge is 2.30. The molecule has 0 N–H and O–H groups in total. The van der Waals surface area contributed by atoms with Crippen LogP contribution in [0.15, 0.2) is 53.1 Å². The second kappa shape index (κ2) is 5.87. The summed E-state index contributed by atoms with van der Waals surface area (Å²) in [6.07, 6.45) is -3.43. The van der Waals surface area contributed by atoms with Crippen molar-refractivity contribution in [1.29, 1.82) is 0 Å². The van der Waals surface area contributed by atoms with Gasteiger partial charge in [-0.2, -0.15) is 18.2 Å². The smallest absolute Gasteiger partial charge is 0.334 e. The number of alkyl halides is 3. The van der Waals surface area contributed by atoms with Crippen molar-refractivity contribution in [2.24, 2.45) is 0 Å². The molecule has 0 bridgehead atoms. The van der Waals surface area contributed by atoms with E-state index in [0.29, 0.717) is 11.5 Å². The summed E-state index contributed by atoms with van der Waals surface area (Å²) in [7, 11) is 0. The Bertz CT molecular complexity index is 790. The molecule has 3 nitrogen and oxygen atoms in total. The fourth-order valence-corrected chi connectivity index (χ4v) is 2.15. The fourth-order valence-electron chi connectivity index (χ4n) is 2.15. The molecule has 0 unspecified atom stereocenters. The van der Waals surface area contributed by atoms with Crippen molar-refractivity contribution >= 4 is 0 Å². The van der Waals surface area contributed by atoms with E-state index in [4.69, 9.17) is 4.52 Å². The number of hydrogen-bond donors (Lipinski definition) is 0. The minimum atomic E-state index is -4.36. The van der Waals surface area contributed by atoms with Crippen LogP contribution in [0.1, 0.15) is 18.1 Å². The van der Waals surface area contributed by atoms with Crippen LogP contribution in [0.3, 0.4) is 0 Å². The first-order valence-electron chi connectivity index (χ1n) is 7.08. The van der Waals surface area contributed by atoms with Gasteiger partial charge in [0.1, 0.15) is 0 Å². The molecule has 0 aliphatic rings. The fraction of sp³-hybridized carbons (Fsp3) is 0.176. The van der Waals surface area contributed by atoms with Gasteiger partial charge in [-0.05, 0) is 36.2 Å². The van der Waals surface area contributed by atoms with Crippen LogP contribution in [0.4, 0.5) is 13.2 Å². The average molecular weight is 318 g/mol. The Morgan fingerprint density at radius 1 is 0.913 bits per heavy atom. The van der Waals surface area contributed by atoms with Crippen molar-refractivity contribution in [3.05, 3.63) is 59.7 Å². The first-order chi connectivity index (χ1) is 11.0. The summed E-state index contributed by atoms with van der Waals surface area (Å²) in [6, 6.07) is 12.4. The van der Waals surface area contributed by atoms with Crippen molar-refractivity contribution in [3.63, 3.8) is 0 Å². The predicted molar refractivity (Wildman–Crippen MR) is 79.6 cm³/mol. The second-order valence-corrected chi connectivity index (χ2v) is 5.05. The normalized spacial score (nSPS) is 11.7. The number of halogens is 3. The minimum absolute atomic E-state index is 0.258. The van der Waals surface area contributed by atoms with Crippen molar-refractivity contribution in [1.82, 2.24) is 10.1 Å². The van der Waals surface area contributed by atoms with Crippen LogP contribution in [0.25, 0.3) is 22.8 Å². The maximum Gasteiger partial charge on any atom is 0.416 e. The van der Waals surface area contributed by atoms with Gasteiger partial charge >= 0.3 is 6.18 Å². The molecule has 0 saturated carbocycles. The van der Waals surface area contributed by atoms with Gasteiger partial charge in [-0.1, -0.05) is 36.3 Å². The van der Waals surface area contributed by atoms with Gasteiger partial charge in [0.15, 0.2) is 0 Å². The van der Waals surface area contributed by atoms with E-state index >= 15 is 0 Å². The Morgan fingerprint density at radius 2 is 1.52 bits per heavy atom. The molecule has 0 amide bonds. The Morgan fingerprint density at radius 3 is 2.09 bits per heavy atom. The highest BCUT2D eigenvalue weighted by atomic mass is 19.4. The Labute approximate surface area is 130 Å². The highest BCUT2D eigenvalue weighted by Crippen LogP contribution is 2.30. The molecule has 0 radical (unpaired) electrons. The highest BCUT2D eigenvalue weighted by molar-refractivity contribution is 5.60. The van der Waals surface area contributed by atoms with Crippen LogP contribution >= 0.6 is 0 Å². The zero-order valence-electron chi connectivity index (χ0n) is 12.3. The van der Waals surface area contributed by atoms with Gasteiger partial charge in [-0.25, -0.2) is 0 Å². The van der Waals surface area contributed by atoms with E-state index in [-0.39, 0.29) is 5.82 Å². The SMILES string of the molecule is CCc1ccc(-c2nc(-c3ccc(C(F)(F)F)cc3)no2)cc1. The zero-order chi connectivity index (χ0) is 16.4. The Hall–Kier alpha value is -2.63. The van der Waals surface area contributed by atoms with E-state index in [2.05, 4.69) is 17.1 Å².